The summed E-state index contributed by atoms with van der Waals surface area (Å²) < 4.78 is 5.91. The monoisotopic (exact) mass is 280 g/mol. The van der Waals surface area contributed by atoms with Gasteiger partial charge in [0, 0.05) is 5.41 Å². The maximum Gasteiger partial charge on any atom is 0.120 e. The van der Waals surface area contributed by atoms with Crippen molar-refractivity contribution < 1.29 is 4.74 Å². The highest BCUT2D eigenvalue weighted by Crippen LogP contribution is 2.28. The summed E-state index contributed by atoms with van der Waals surface area (Å²) >= 11 is 0. The molecule has 0 saturated carbocycles. The number of hydrogen-bond donors (Lipinski definition) is 0. The molecule has 0 N–H and O–H groups in total. The van der Waals surface area contributed by atoms with Crippen LogP contribution in [0.25, 0.3) is 0 Å². The van der Waals surface area contributed by atoms with E-state index >= 15 is 0 Å². The standard InChI is InChI=1S/C20H24O/c1-4-5-14-20(2,3)18-12-9-13-19(15-18)21-16-17-10-7-6-8-11-17/h5-15H,4,16H2,1-3H3/b14-5+. The van der Waals surface area contributed by atoms with Crippen molar-refractivity contribution in [3.8, 4) is 5.75 Å². The Balaban J connectivity index is 2.09. The number of allylic oxidation sites excluding steroid dienone is 2. The molecule has 0 bridgehead atoms. The van der Waals surface area contributed by atoms with E-state index in [1.54, 1.807) is 0 Å². The summed E-state index contributed by atoms with van der Waals surface area (Å²) in [5, 5.41) is 0. The lowest BCUT2D eigenvalue weighted by Gasteiger charge is -2.21. The summed E-state index contributed by atoms with van der Waals surface area (Å²) in [7, 11) is 0. The molecule has 0 spiro atoms. The van der Waals surface area contributed by atoms with Crippen molar-refractivity contribution in [2.24, 2.45) is 0 Å². The molecule has 0 fully saturated rings. The molecule has 0 radical (unpaired) electrons. The first-order valence-electron chi connectivity index (χ1n) is 7.57. The van der Waals surface area contributed by atoms with E-state index in [4.69, 9.17) is 4.74 Å². The molecule has 21 heavy (non-hydrogen) atoms. The molecule has 0 aliphatic rings. The van der Waals surface area contributed by atoms with Gasteiger partial charge in [-0.25, -0.2) is 0 Å². The number of hydrogen-bond acceptors (Lipinski definition) is 1. The van der Waals surface area contributed by atoms with Crippen molar-refractivity contribution in [3.05, 3.63) is 77.9 Å². The highest BCUT2D eigenvalue weighted by molar-refractivity contribution is 5.36. The van der Waals surface area contributed by atoms with Crippen LogP contribution >= 0.6 is 0 Å². The second-order valence-electron chi connectivity index (χ2n) is 5.83. The van der Waals surface area contributed by atoms with Crippen LogP contribution in [0.1, 0.15) is 38.3 Å². The van der Waals surface area contributed by atoms with Gasteiger partial charge in [-0.05, 0) is 29.7 Å². The summed E-state index contributed by atoms with van der Waals surface area (Å²) in [5.74, 6) is 0.925. The Bertz CT molecular complexity index is 582. The van der Waals surface area contributed by atoms with Crippen LogP contribution in [0, 0.1) is 0 Å². The lowest BCUT2D eigenvalue weighted by Crippen LogP contribution is -2.13. The molecule has 110 valence electrons. The average molecular weight is 280 g/mol. The SMILES string of the molecule is CC/C=C/C(C)(C)c1cccc(OCc2ccccc2)c1. The predicted molar refractivity (Wildman–Crippen MR) is 89.7 cm³/mol. The van der Waals surface area contributed by atoms with Crippen LogP contribution in [-0.4, -0.2) is 0 Å². The molecule has 0 unspecified atom stereocenters. The van der Waals surface area contributed by atoms with Gasteiger partial charge in [-0.15, -0.1) is 0 Å². The van der Waals surface area contributed by atoms with Crippen molar-refractivity contribution in [2.45, 2.75) is 39.2 Å². The molecule has 0 aromatic heterocycles. The van der Waals surface area contributed by atoms with Crippen LogP contribution in [0.5, 0.6) is 5.75 Å². The molecular weight excluding hydrogens is 256 g/mol. The zero-order valence-corrected chi connectivity index (χ0v) is 13.2. The van der Waals surface area contributed by atoms with Gasteiger partial charge in [0.2, 0.25) is 0 Å². The molecule has 2 rings (SSSR count). The quantitative estimate of drug-likeness (QED) is 0.634. The number of rotatable bonds is 6. The smallest absolute Gasteiger partial charge is 0.120 e. The van der Waals surface area contributed by atoms with Gasteiger partial charge >= 0.3 is 0 Å². The molecule has 1 nitrogen and oxygen atoms in total. The molecule has 0 atom stereocenters. The van der Waals surface area contributed by atoms with Crippen molar-refractivity contribution in [2.75, 3.05) is 0 Å². The fourth-order valence-electron chi connectivity index (χ4n) is 2.24. The minimum absolute atomic E-state index is 0.0299. The molecule has 1 heteroatoms. The lowest BCUT2D eigenvalue weighted by molar-refractivity contribution is 0.305. The van der Waals surface area contributed by atoms with Crippen LogP contribution in [0.4, 0.5) is 0 Å². The Kier molecular flexibility index (Phi) is 5.21. The first-order chi connectivity index (χ1) is 10.1. The van der Waals surface area contributed by atoms with Gasteiger partial charge < -0.3 is 4.74 Å². The van der Waals surface area contributed by atoms with Crippen molar-refractivity contribution in [1.29, 1.82) is 0 Å². The Hall–Kier alpha value is -2.02. The summed E-state index contributed by atoms with van der Waals surface area (Å²) in [6.45, 7) is 7.23. The predicted octanol–water partition coefficient (Wildman–Crippen LogP) is 5.51. The summed E-state index contributed by atoms with van der Waals surface area (Å²) in [6, 6.07) is 18.6. The molecule has 0 aliphatic carbocycles. The van der Waals surface area contributed by atoms with Crippen molar-refractivity contribution >= 4 is 0 Å². The fourth-order valence-corrected chi connectivity index (χ4v) is 2.24. The van der Waals surface area contributed by atoms with Gasteiger partial charge in [0.25, 0.3) is 0 Å². The van der Waals surface area contributed by atoms with E-state index in [9.17, 15) is 0 Å². The third kappa shape index (κ3) is 4.49. The van der Waals surface area contributed by atoms with E-state index in [2.05, 4.69) is 63.3 Å². The summed E-state index contributed by atoms with van der Waals surface area (Å²) in [5.41, 5.74) is 2.49. The average Bonchev–Trinajstić information content (AvgIpc) is 2.52. The number of benzene rings is 2. The molecule has 0 amide bonds. The zero-order valence-electron chi connectivity index (χ0n) is 13.2. The van der Waals surface area contributed by atoms with E-state index < -0.39 is 0 Å². The van der Waals surface area contributed by atoms with Crippen molar-refractivity contribution in [3.63, 3.8) is 0 Å². The maximum absolute atomic E-state index is 5.91. The molecule has 2 aromatic rings. The van der Waals surface area contributed by atoms with E-state index in [0.29, 0.717) is 6.61 Å². The van der Waals surface area contributed by atoms with Gasteiger partial charge in [0.05, 0.1) is 0 Å². The van der Waals surface area contributed by atoms with Crippen LogP contribution in [-0.2, 0) is 12.0 Å². The van der Waals surface area contributed by atoms with E-state index in [1.165, 1.54) is 11.1 Å². The third-order valence-electron chi connectivity index (χ3n) is 3.60. The van der Waals surface area contributed by atoms with Gasteiger partial charge in [0.15, 0.2) is 0 Å². The van der Waals surface area contributed by atoms with Gasteiger partial charge in [0.1, 0.15) is 12.4 Å². The third-order valence-corrected chi connectivity index (χ3v) is 3.60. The van der Waals surface area contributed by atoms with Crippen LogP contribution in [0.2, 0.25) is 0 Å². The highest BCUT2D eigenvalue weighted by Gasteiger charge is 2.17. The fraction of sp³-hybridized carbons (Fsp3) is 0.300. The summed E-state index contributed by atoms with van der Waals surface area (Å²) in [6.07, 6.45) is 5.55. The van der Waals surface area contributed by atoms with Crippen LogP contribution in [0.15, 0.2) is 66.7 Å². The van der Waals surface area contributed by atoms with Crippen LogP contribution in [0.3, 0.4) is 0 Å². The maximum atomic E-state index is 5.91. The minimum Gasteiger partial charge on any atom is -0.489 e. The van der Waals surface area contributed by atoms with Crippen LogP contribution < -0.4 is 4.74 Å². The molecule has 0 aliphatic heterocycles. The summed E-state index contributed by atoms with van der Waals surface area (Å²) in [4.78, 5) is 0. The second kappa shape index (κ2) is 7.12. The topological polar surface area (TPSA) is 9.23 Å². The van der Waals surface area contributed by atoms with E-state index in [0.717, 1.165) is 12.2 Å². The Morgan fingerprint density at radius 2 is 1.76 bits per heavy atom. The largest absolute Gasteiger partial charge is 0.489 e. The normalized spacial score (nSPS) is 11.8. The Morgan fingerprint density at radius 1 is 1.00 bits per heavy atom. The molecule has 0 saturated heterocycles. The van der Waals surface area contributed by atoms with Gasteiger partial charge in [-0.3, -0.25) is 0 Å². The van der Waals surface area contributed by atoms with Gasteiger partial charge in [-0.1, -0.05) is 75.4 Å². The zero-order chi connectivity index (χ0) is 15.1. The highest BCUT2D eigenvalue weighted by atomic mass is 16.5. The lowest BCUT2D eigenvalue weighted by atomic mass is 9.84. The Labute approximate surface area is 128 Å². The minimum atomic E-state index is 0.0299. The first-order valence-corrected chi connectivity index (χ1v) is 7.57. The molecule has 2 aromatic carbocycles. The van der Waals surface area contributed by atoms with E-state index in [1.807, 2.05) is 24.3 Å². The molecule has 0 heterocycles. The van der Waals surface area contributed by atoms with E-state index in [-0.39, 0.29) is 5.41 Å². The Morgan fingerprint density at radius 3 is 2.48 bits per heavy atom. The van der Waals surface area contributed by atoms with Crippen molar-refractivity contribution in [1.82, 2.24) is 0 Å². The molecular formula is C20H24O. The first kappa shape index (κ1) is 15.4. The number of ether oxygens (including phenoxy) is 1. The second-order valence-corrected chi connectivity index (χ2v) is 5.83. The van der Waals surface area contributed by atoms with Gasteiger partial charge in [-0.2, -0.15) is 0 Å².